The van der Waals surface area contributed by atoms with Gasteiger partial charge < -0.3 is 14.4 Å². The Kier molecular flexibility index (Phi) is 4.88. The molecule has 1 aliphatic heterocycles. The van der Waals surface area contributed by atoms with Gasteiger partial charge >= 0.3 is 18.9 Å². The zero-order valence-electron chi connectivity index (χ0n) is 5.59. The zero-order chi connectivity index (χ0) is 5.82. The van der Waals surface area contributed by atoms with Crippen molar-refractivity contribution in [2.75, 3.05) is 26.3 Å². The van der Waals surface area contributed by atoms with Crippen molar-refractivity contribution in [2.45, 2.75) is 0 Å². The summed E-state index contributed by atoms with van der Waals surface area (Å²) in [6.07, 6.45) is 1.81. The molecule has 1 heterocycles. The largest absolute Gasteiger partial charge is 1.00 e. The SMILES string of the molecule is O=[C-]N1CCOCC1.[Li+]. The Hall–Kier alpha value is 0.0274. The molecule has 0 aromatic heterocycles. The van der Waals surface area contributed by atoms with E-state index in [1.807, 2.05) is 6.41 Å². The van der Waals surface area contributed by atoms with Gasteiger partial charge in [-0.1, -0.05) is 0 Å². The first-order valence-electron chi connectivity index (χ1n) is 2.64. The Labute approximate surface area is 66.5 Å². The third-order valence-electron chi connectivity index (χ3n) is 1.14. The van der Waals surface area contributed by atoms with E-state index in [2.05, 4.69) is 0 Å². The van der Waals surface area contributed by atoms with Crippen LogP contribution < -0.4 is 18.9 Å². The first-order chi connectivity index (χ1) is 3.93. The summed E-state index contributed by atoms with van der Waals surface area (Å²) < 4.78 is 4.98. The van der Waals surface area contributed by atoms with Crippen LogP contribution in [0.15, 0.2) is 0 Å². The molecule has 4 heteroatoms. The number of morpholine rings is 1. The van der Waals surface area contributed by atoms with E-state index < -0.39 is 0 Å². The average molecular weight is 121 g/mol. The Balaban J connectivity index is 0.000000640. The van der Waals surface area contributed by atoms with E-state index in [0.29, 0.717) is 26.3 Å². The van der Waals surface area contributed by atoms with Crippen molar-refractivity contribution in [1.29, 1.82) is 0 Å². The number of amides is 1. The number of nitrogens with zero attached hydrogens (tertiary/aromatic N) is 1. The van der Waals surface area contributed by atoms with Crippen LogP contribution in [0.3, 0.4) is 0 Å². The maximum Gasteiger partial charge on any atom is 1.00 e. The molecule has 0 aromatic carbocycles. The average Bonchev–Trinajstić information content (AvgIpc) is 1.90. The second-order valence-corrected chi connectivity index (χ2v) is 1.69. The predicted molar refractivity (Wildman–Crippen MR) is 28.1 cm³/mol. The molecule has 0 N–H and O–H groups in total. The summed E-state index contributed by atoms with van der Waals surface area (Å²) in [4.78, 5) is 11.5. The molecule has 0 atom stereocenters. The van der Waals surface area contributed by atoms with Crippen molar-refractivity contribution in [3.05, 3.63) is 0 Å². The summed E-state index contributed by atoms with van der Waals surface area (Å²) in [7, 11) is 0. The molecule has 0 aromatic rings. The molecule has 0 radical (unpaired) electrons. The van der Waals surface area contributed by atoms with Crippen LogP contribution in [0.25, 0.3) is 0 Å². The summed E-state index contributed by atoms with van der Waals surface area (Å²) in [6, 6.07) is 0. The molecule has 1 aliphatic rings. The van der Waals surface area contributed by atoms with E-state index in [1.165, 1.54) is 0 Å². The number of hydrogen-bond donors (Lipinski definition) is 0. The van der Waals surface area contributed by atoms with Crippen LogP contribution in [0, 0.1) is 0 Å². The normalized spacial score (nSPS) is 18.4. The van der Waals surface area contributed by atoms with E-state index in [-0.39, 0.29) is 18.9 Å². The van der Waals surface area contributed by atoms with Gasteiger partial charge in [-0.2, -0.15) is 6.41 Å². The summed E-state index contributed by atoms with van der Waals surface area (Å²) >= 11 is 0. The molecule has 1 fully saturated rings. The van der Waals surface area contributed by atoms with Gasteiger partial charge in [-0.15, -0.1) is 0 Å². The first kappa shape index (κ1) is 9.03. The molecule has 0 saturated carbocycles. The van der Waals surface area contributed by atoms with Gasteiger partial charge in [0.2, 0.25) is 0 Å². The van der Waals surface area contributed by atoms with E-state index in [0.717, 1.165) is 0 Å². The fourth-order valence-corrected chi connectivity index (χ4v) is 0.655. The number of carbonyl (C=O) groups excluding carboxylic acids is 1. The maximum absolute atomic E-state index is 9.91. The van der Waals surface area contributed by atoms with E-state index >= 15 is 0 Å². The van der Waals surface area contributed by atoms with Crippen LogP contribution in [0.4, 0.5) is 0 Å². The molecule has 1 saturated heterocycles. The second-order valence-electron chi connectivity index (χ2n) is 1.69. The molecular weight excluding hydrogens is 113 g/mol. The van der Waals surface area contributed by atoms with Crippen molar-refractivity contribution in [3.8, 4) is 0 Å². The smallest absolute Gasteiger partial charge is 0.520 e. The van der Waals surface area contributed by atoms with Crippen LogP contribution in [-0.2, 0) is 9.53 Å². The Bertz CT molecular complexity index is 83.0. The van der Waals surface area contributed by atoms with E-state index in [9.17, 15) is 4.79 Å². The molecular formula is C5H8LiNO2. The summed E-state index contributed by atoms with van der Waals surface area (Å²) in [6.45, 7) is 2.72. The van der Waals surface area contributed by atoms with Crippen molar-refractivity contribution < 1.29 is 28.4 Å². The van der Waals surface area contributed by atoms with Crippen LogP contribution in [0.2, 0.25) is 0 Å². The molecule has 0 spiro atoms. The topological polar surface area (TPSA) is 29.5 Å². The molecule has 0 unspecified atom stereocenters. The summed E-state index contributed by atoms with van der Waals surface area (Å²) in [5.74, 6) is 0. The Morgan fingerprint density at radius 3 is 2.22 bits per heavy atom. The van der Waals surface area contributed by atoms with Crippen molar-refractivity contribution in [2.24, 2.45) is 0 Å². The van der Waals surface area contributed by atoms with Gasteiger partial charge in [-0.05, 0) is 0 Å². The third kappa shape index (κ3) is 2.90. The number of hydrogen-bond acceptors (Lipinski definition) is 2. The third-order valence-corrected chi connectivity index (χ3v) is 1.14. The van der Waals surface area contributed by atoms with Gasteiger partial charge in [0.15, 0.2) is 0 Å². The van der Waals surface area contributed by atoms with Gasteiger partial charge in [0.25, 0.3) is 0 Å². The molecule has 1 amide bonds. The van der Waals surface area contributed by atoms with Gasteiger partial charge in [0, 0.05) is 13.1 Å². The molecule has 46 valence electrons. The second kappa shape index (κ2) is 4.86. The fourth-order valence-electron chi connectivity index (χ4n) is 0.655. The van der Waals surface area contributed by atoms with Gasteiger partial charge in [0.1, 0.15) is 0 Å². The maximum atomic E-state index is 9.91. The van der Waals surface area contributed by atoms with Crippen LogP contribution in [-0.4, -0.2) is 37.6 Å². The standard InChI is InChI=1S/C5H8NO2.Li/c7-5-6-1-3-8-4-2-6;/h1-4H2;/q-1;+1. The van der Waals surface area contributed by atoms with Gasteiger partial charge in [-0.3, -0.25) is 0 Å². The quantitative estimate of drug-likeness (QED) is 0.265. The number of ether oxygens (including phenoxy) is 1. The molecule has 0 bridgehead atoms. The summed E-state index contributed by atoms with van der Waals surface area (Å²) in [5, 5.41) is 0. The zero-order valence-corrected chi connectivity index (χ0v) is 5.59. The van der Waals surface area contributed by atoms with Crippen molar-refractivity contribution in [1.82, 2.24) is 4.90 Å². The van der Waals surface area contributed by atoms with Crippen molar-refractivity contribution >= 4 is 6.41 Å². The fraction of sp³-hybridized carbons (Fsp3) is 0.800. The molecule has 3 nitrogen and oxygen atoms in total. The Morgan fingerprint density at radius 1 is 1.33 bits per heavy atom. The van der Waals surface area contributed by atoms with Crippen LogP contribution in [0.5, 0.6) is 0 Å². The van der Waals surface area contributed by atoms with Crippen molar-refractivity contribution in [3.63, 3.8) is 0 Å². The van der Waals surface area contributed by atoms with Crippen LogP contribution in [0.1, 0.15) is 0 Å². The minimum atomic E-state index is 0. The van der Waals surface area contributed by atoms with Gasteiger partial charge in [-0.25, -0.2) is 0 Å². The predicted octanol–water partition coefficient (Wildman–Crippen LogP) is -3.61. The van der Waals surface area contributed by atoms with E-state index in [1.54, 1.807) is 4.90 Å². The van der Waals surface area contributed by atoms with Crippen LogP contribution >= 0.6 is 0 Å². The molecule has 1 rings (SSSR count). The first-order valence-corrected chi connectivity index (χ1v) is 2.64. The minimum Gasteiger partial charge on any atom is -0.520 e. The Morgan fingerprint density at radius 2 is 1.89 bits per heavy atom. The van der Waals surface area contributed by atoms with E-state index in [4.69, 9.17) is 4.74 Å². The number of rotatable bonds is 1. The minimum absolute atomic E-state index is 0. The monoisotopic (exact) mass is 121 g/mol. The molecule has 0 aliphatic carbocycles. The van der Waals surface area contributed by atoms with Gasteiger partial charge in [0.05, 0.1) is 13.2 Å². The summed E-state index contributed by atoms with van der Waals surface area (Å²) in [5.41, 5.74) is 0. The molecule has 9 heavy (non-hydrogen) atoms.